The first-order valence-electron chi connectivity index (χ1n) is 7.59. The highest BCUT2D eigenvalue weighted by atomic mass is 16.6. The molecule has 3 aromatic carbocycles. The number of oxime groups is 1. The molecule has 1 heterocycles. The van der Waals surface area contributed by atoms with Crippen LogP contribution in [0.4, 0.5) is 0 Å². The van der Waals surface area contributed by atoms with Crippen molar-refractivity contribution in [1.82, 2.24) is 0 Å². The monoisotopic (exact) mass is 287 g/mol. The summed E-state index contributed by atoms with van der Waals surface area (Å²) in [5, 5.41) is 6.82. The summed E-state index contributed by atoms with van der Waals surface area (Å²) in [4.78, 5) is 5.68. The van der Waals surface area contributed by atoms with Gasteiger partial charge in [-0.2, -0.15) is 0 Å². The Kier molecular flexibility index (Phi) is 3.15. The van der Waals surface area contributed by atoms with E-state index in [1.807, 2.05) is 0 Å². The minimum atomic E-state index is 0.0227. The molecular weight excluding hydrogens is 270 g/mol. The summed E-state index contributed by atoms with van der Waals surface area (Å²) in [5.41, 5.74) is 4.65. The molecule has 2 nitrogen and oxygen atoms in total. The van der Waals surface area contributed by atoms with Crippen molar-refractivity contribution >= 4 is 16.5 Å². The maximum atomic E-state index is 5.68. The Bertz CT molecular complexity index is 844. The molecule has 1 aliphatic heterocycles. The Labute approximate surface area is 130 Å². The Morgan fingerprint density at radius 3 is 2.55 bits per heavy atom. The molecule has 0 bridgehead atoms. The normalized spacial score (nSPS) is 17.3. The third-order valence-electron chi connectivity index (χ3n) is 4.22. The Morgan fingerprint density at radius 1 is 0.909 bits per heavy atom. The van der Waals surface area contributed by atoms with Gasteiger partial charge in [0.15, 0.2) is 6.10 Å². The number of nitrogens with zero attached hydrogens (tertiary/aromatic N) is 1. The van der Waals surface area contributed by atoms with Gasteiger partial charge in [-0.05, 0) is 23.3 Å². The molecule has 22 heavy (non-hydrogen) atoms. The fraction of sp³-hybridized carbons (Fsp3) is 0.150. The van der Waals surface area contributed by atoms with Crippen molar-refractivity contribution in [3.63, 3.8) is 0 Å². The lowest BCUT2D eigenvalue weighted by molar-refractivity contribution is 0.0857. The molecule has 4 rings (SSSR count). The van der Waals surface area contributed by atoms with Crippen LogP contribution in [0.3, 0.4) is 0 Å². The van der Waals surface area contributed by atoms with Gasteiger partial charge in [-0.3, -0.25) is 0 Å². The first-order chi connectivity index (χ1) is 10.8. The molecule has 0 aromatic heterocycles. The summed E-state index contributed by atoms with van der Waals surface area (Å²) in [6, 6.07) is 23.2. The van der Waals surface area contributed by atoms with Crippen molar-refractivity contribution in [1.29, 1.82) is 0 Å². The number of hydrogen-bond donors (Lipinski definition) is 0. The van der Waals surface area contributed by atoms with Gasteiger partial charge >= 0.3 is 0 Å². The molecule has 0 N–H and O–H groups in total. The van der Waals surface area contributed by atoms with E-state index in [-0.39, 0.29) is 6.10 Å². The van der Waals surface area contributed by atoms with E-state index in [1.54, 1.807) is 0 Å². The predicted octanol–water partition coefficient (Wildman–Crippen LogP) is 5.01. The van der Waals surface area contributed by atoms with E-state index in [0.29, 0.717) is 0 Å². The molecule has 1 aliphatic rings. The molecule has 0 fully saturated rings. The zero-order valence-electron chi connectivity index (χ0n) is 12.5. The molecule has 0 spiro atoms. The van der Waals surface area contributed by atoms with Crippen molar-refractivity contribution in [2.75, 3.05) is 0 Å². The average molecular weight is 287 g/mol. The van der Waals surface area contributed by atoms with Crippen molar-refractivity contribution < 1.29 is 4.84 Å². The molecule has 0 saturated carbocycles. The minimum absolute atomic E-state index is 0.0227. The van der Waals surface area contributed by atoms with Crippen LogP contribution in [0.5, 0.6) is 0 Å². The van der Waals surface area contributed by atoms with Crippen LogP contribution in [0, 0.1) is 6.92 Å². The fourth-order valence-corrected chi connectivity index (χ4v) is 2.97. The van der Waals surface area contributed by atoms with Crippen molar-refractivity contribution in [2.45, 2.75) is 19.4 Å². The summed E-state index contributed by atoms with van der Waals surface area (Å²) >= 11 is 0. The second-order valence-electron chi connectivity index (χ2n) is 5.77. The van der Waals surface area contributed by atoms with Crippen LogP contribution in [0.1, 0.15) is 29.2 Å². The van der Waals surface area contributed by atoms with Gasteiger partial charge in [-0.1, -0.05) is 77.4 Å². The van der Waals surface area contributed by atoms with Crippen molar-refractivity contribution in [3.05, 3.63) is 83.4 Å². The van der Waals surface area contributed by atoms with Crippen LogP contribution in [-0.4, -0.2) is 5.71 Å². The second-order valence-corrected chi connectivity index (χ2v) is 5.77. The minimum Gasteiger partial charge on any atom is -0.387 e. The molecule has 0 aliphatic carbocycles. The number of aryl methyl sites for hydroxylation is 1. The number of hydrogen-bond acceptors (Lipinski definition) is 2. The highest BCUT2D eigenvalue weighted by Crippen LogP contribution is 2.31. The van der Waals surface area contributed by atoms with E-state index in [0.717, 1.165) is 12.1 Å². The van der Waals surface area contributed by atoms with E-state index in [9.17, 15) is 0 Å². The molecule has 2 heteroatoms. The quantitative estimate of drug-likeness (QED) is 0.649. The summed E-state index contributed by atoms with van der Waals surface area (Å²) in [7, 11) is 0. The first kappa shape index (κ1) is 13.1. The molecule has 3 aromatic rings. The Balaban J connectivity index is 1.66. The molecule has 1 atom stereocenters. The van der Waals surface area contributed by atoms with Gasteiger partial charge in [0, 0.05) is 12.0 Å². The largest absolute Gasteiger partial charge is 0.387 e. The smallest absolute Gasteiger partial charge is 0.158 e. The Morgan fingerprint density at radius 2 is 1.68 bits per heavy atom. The topological polar surface area (TPSA) is 21.6 Å². The van der Waals surface area contributed by atoms with E-state index in [2.05, 4.69) is 78.8 Å². The van der Waals surface area contributed by atoms with E-state index in [4.69, 9.17) is 4.84 Å². The molecular formula is C20H17NO. The van der Waals surface area contributed by atoms with E-state index < -0.39 is 0 Å². The van der Waals surface area contributed by atoms with Crippen LogP contribution in [0.25, 0.3) is 10.8 Å². The van der Waals surface area contributed by atoms with Gasteiger partial charge in [0.25, 0.3) is 0 Å². The molecule has 0 saturated heterocycles. The third kappa shape index (κ3) is 2.27. The lowest BCUT2D eigenvalue weighted by Crippen LogP contribution is -2.02. The van der Waals surface area contributed by atoms with Crippen molar-refractivity contribution in [3.8, 4) is 0 Å². The van der Waals surface area contributed by atoms with Gasteiger partial charge in [-0.25, -0.2) is 0 Å². The highest BCUT2D eigenvalue weighted by Gasteiger charge is 2.24. The van der Waals surface area contributed by atoms with Crippen LogP contribution in [-0.2, 0) is 4.84 Å². The zero-order valence-corrected chi connectivity index (χ0v) is 12.5. The fourth-order valence-electron chi connectivity index (χ4n) is 2.97. The molecule has 0 radical (unpaired) electrons. The van der Waals surface area contributed by atoms with Crippen LogP contribution >= 0.6 is 0 Å². The number of benzene rings is 3. The Hall–Kier alpha value is -2.61. The molecule has 0 amide bonds. The molecule has 108 valence electrons. The maximum absolute atomic E-state index is 5.68. The first-order valence-corrected chi connectivity index (χ1v) is 7.59. The SMILES string of the molecule is Cc1ccc(C2CC(c3cccc4ccccc34)=NO2)cc1. The summed E-state index contributed by atoms with van der Waals surface area (Å²) in [5.74, 6) is 0. The van der Waals surface area contributed by atoms with E-state index in [1.165, 1.54) is 27.5 Å². The zero-order chi connectivity index (χ0) is 14.9. The standard InChI is InChI=1S/C20H17NO/c1-14-9-11-16(12-10-14)20-13-19(21-22-20)18-8-4-6-15-5-2-3-7-17(15)18/h2-12,20H,13H2,1H3. The lowest BCUT2D eigenvalue weighted by Gasteiger charge is -2.09. The number of rotatable bonds is 2. The highest BCUT2D eigenvalue weighted by molar-refractivity contribution is 6.11. The van der Waals surface area contributed by atoms with Crippen molar-refractivity contribution in [2.24, 2.45) is 5.16 Å². The lowest BCUT2D eigenvalue weighted by atomic mass is 9.96. The predicted molar refractivity (Wildman–Crippen MR) is 90.1 cm³/mol. The van der Waals surface area contributed by atoms with Gasteiger partial charge < -0.3 is 4.84 Å². The van der Waals surface area contributed by atoms with Gasteiger partial charge in [-0.15, -0.1) is 0 Å². The number of fused-ring (bicyclic) bond motifs is 1. The van der Waals surface area contributed by atoms with Crippen LogP contribution < -0.4 is 0 Å². The second kappa shape index (κ2) is 5.30. The summed E-state index contributed by atoms with van der Waals surface area (Å²) in [6.45, 7) is 2.09. The van der Waals surface area contributed by atoms with Crippen LogP contribution in [0.2, 0.25) is 0 Å². The van der Waals surface area contributed by atoms with Crippen LogP contribution in [0.15, 0.2) is 71.9 Å². The van der Waals surface area contributed by atoms with E-state index >= 15 is 0 Å². The summed E-state index contributed by atoms with van der Waals surface area (Å²) in [6.07, 6.45) is 0.839. The molecule has 1 unspecified atom stereocenters. The van der Waals surface area contributed by atoms with Gasteiger partial charge in [0.2, 0.25) is 0 Å². The van der Waals surface area contributed by atoms with Gasteiger partial charge in [0.1, 0.15) is 0 Å². The maximum Gasteiger partial charge on any atom is 0.158 e. The van der Waals surface area contributed by atoms with Gasteiger partial charge in [0.05, 0.1) is 5.71 Å². The summed E-state index contributed by atoms with van der Waals surface area (Å²) < 4.78 is 0. The average Bonchev–Trinajstić information content (AvgIpc) is 3.05. The third-order valence-corrected chi connectivity index (χ3v) is 4.22.